The maximum atomic E-state index is 5.64. The van der Waals surface area contributed by atoms with Crippen LogP contribution < -0.4 is 11.3 Å². The first-order valence-electron chi connectivity index (χ1n) is 5.66. The van der Waals surface area contributed by atoms with E-state index < -0.39 is 0 Å². The van der Waals surface area contributed by atoms with Crippen LogP contribution in [0.15, 0.2) is 12.3 Å². The normalized spacial score (nSPS) is 28.2. The van der Waals surface area contributed by atoms with Crippen molar-refractivity contribution in [3.63, 3.8) is 0 Å². The molecular weight excluding hydrogens is 188 g/mol. The van der Waals surface area contributed by atoms with Crippen molar-refractivity contribution < 1.29 is 0 Å². The predicted molar refractivity (Wildman–Crippen MR) is 59.8 cm³/mol. The van der Waals surface area contributed by atoms with Gasteiger partial charge in [0.2, 0.25) is 0 Å². The molecule has 0 radical (unpaired) electrons. The molecule has 4 nitrogen and oxygen atoms in total. The number of hydrogen-bond acceptors (Lipinski definition) is 3. The molecule has 2 rings (SSSR count). The molecule has 0 saturated heterocycles. The average Bonchev–Trinajstić information content (AvgIpc) is 2.78. The zero-order valence-corrected chi connectivity index (χ0v) is 9.48. The third kappa shape index (κ3) is 2.21. The molecule has 1 aliphatic rings. The SMILES string of the molecule is CC1CCC(C(NN)c2ccn(C)n2)C1. The second-order valence-corrected chi connectivity index (χ2v) is 4.74. The Labute approximate surface area is 90.8 Å². The first-order chi connectivity index (χ1) is 7.20. The smallest absolute Gasteiger partial charge is 0.0810 e. The van der Waals surface area contributed by atoms with Gasteiger partial charge in [-0.3, -0.25) is 16.0 Å². The molecule has 1 fully saturated rings. The molecule has 0 aromatic carbocycles. The van der Waals surface area contributed by atoms with Gasteiger partial charge in [-0.25, -0.2) is 0 Å². The van der Waals surface area contributed by atoms with E-state index in [9.17, 15) is 0 Å². The van der Waals surface area contributed by atoms with Crippen LogP contribution in [0.3, 0.4) is 0 Å². The summed E-state index contributed by atoms with van der Waals surface area (Å²) in [6.07, 6.45) is 5.80. The van der Waals surface area contributed by atoms with E-state index in [2.05, 4.69) is 17.4 Å². The van der Waals surface area contributed by atoms with E-state index in [4.69, 9.17) is 5.84 Å². The number of hydrogen-bond donors (Lipinski definition) is 2. The van der Waals surface area contributed by atoms with Gasteiger partial charge in [-0.15, -0.1) is 0 Å². The molecule has 4 heteroatoms. The molecule has 3 unspecified atom stereocenters. The maximum Gasteiger partial charge on any atom is 0.0810 e. The van der Waals surface area contributed by atoms with E-state index in [-0.39, 0.29) is 6.04 Å². The van der Waals surface area contributed by atoms with Crippen LogP contribution in [-0.2, 0) is 7.05 Å². The zero-order chi connectivity index (χ0) is 10.8. The fourth-order valence-electron chi connectivity index (χ4n) is 2.62. The van der Waals surface area contributed by atoms with Gasteiger partial charge in [-0.2, -0.15) is 5.10 Å². The van der Waals surface area contributed by atoms with E-state index in [1.807, 2.05) is 24.0 Å². The number of nitrogens with one attached hydrogen (secondary N) is 1. The lowest BCUT2D eigenvalue weighted by Crippen LogP contribution is -2.33. The highest BCUT2D eigenvalue weighted by Crippen LogP contribution is 2.37. The molecule has 15 heavy (non-hydrogen) atoms. The largest absolute Gasteiger partial charge is 0.275 e. The van der Waals surface area contributed by atoms with Gasteiger partial charge in [0.15, 0.2) is 0 Å². The van der Waals surface area contributed by atoms with Crippen LogP contribution in [-0.4, -0.2) is 9.78 Å². The second kappa shape index (κ2) is 4.33. The molecule has 1 saturated carbocycles. The Morgan fingerprint density at radius 1 is 1.60 bits per heavy atom. The minimum atomic E-state index is 0.219. The minimum Gasteiger partial charge on any atom is -0.275 e. The highest BCUT2D eigenvalue weighted by molar-refractivity contribution is 5.07. The number of rotatable bonds is 3. The molecule has 0 amide bonds. The second-order valence-electron chi connectivity index (χ2n) is 4.74. The highest BCUT2D eigenvalue weighted by Gasteiger charge is 2.30. The van der Waals surface area contributed by atoms with E-state index in [0.29, 0.717) is 5.92 Å². The van der Waals surface area contributed by atoms with Gasteiger partial charge in [0.05, 0.1) is 11.7 Å². The zero-order valence-electron chi connectivity index (χ0n) is 9.48. The van der Waals surface area contributed by atoms with E-state index >= 15 is 0 Å². The molecular formula is C11H20N4. The Hall–Kier alpha value is -0.870. The quantitative estimate of drug-likeness (QED) is 0.582. The molecule has 3 atom stereocenters. The summed E-state index contributed by atoms with van der Waals surface area (Å²) >= 11 is 0. The van der Waals surface area contributed by atoms with Gasteiger partial charge in [0.25, 0.3) is 0 Å². The Balaban J connectivity index is 2.10. The molecule has 1 aromatic rings. The standard InChI is InChI=1S/C11H20N4/c1-8-3-4-9(7-8)11(13-12)10-5-6-15(2)14-10/h5-6,8-9,11,13H,3-4,7,12H2,1-2H3. The van der Waals surface area contributed by atoms with E-state index in [0.717, 1.165) is 11.6 Å². The monoisotopic (exact) mass is 208 g/mol. The van der Waals surface area contributed by atoms with Crippen molar-refractivity contribution in [1.82, 2.24) is 15.2 Å². The van der Waals surface area contributed by atoms with Crippen LogP contribution in [0.2, 0.25) is 0 Å². The summed E-state index contributed by atoms with van der Waals surface area (Å²) < 4.78 is 1.83. The number of aryl methyl sites for hydroxylation is 1. The Kier molecular flexibility index (Phi) is 3.07. The van der Waals surface area contributed by atoms with Gasteiger partial charge in [0.1, 0.15) is 0 Å². The topological polar surface area (TPSA) is 55.9 Å². The molecule has 84 valence electrons. The predicted octanol–water partition coefficient (Wildman–Crippen LogP) is 1.36. The van der Waals surface area contributed by atoms with Crippen LogP contribution in [0.25, 0.3) is 0 Å². The Morgan fingerprint density at radius 2 is 2.40 bits per heavy atom. The fourth-order valence-corrected chi connectivity index (χ4v) is 2.62. The molecule has 0 spiro atoms. The number of nitrogens with two attached hydrogens (primary N) is 1. The van der Waals surface area contributed by atoms with Crippen molar-refractivity contribution in [2.45, 2.75) is 32.2 Å². The molecule has 3 N–H and O–H groups in total. The third-order valence-corrected chi connectivity index (χ3v) is 3.44. The minimum absolute atomic E-state index is 0.219. The van der Waals surface area contributed by atoms with Crippen molar-refractivity contribution >= 4 is 0 Å². The van der Waals surface area contributed by atoms with Crippen LogP contribution in [0, 0.1) is 11.8 Å². The van der Waals surface area contributed by atoms with Gasteiger partial charge in [-0.05, 0) is 30.7 Å². The molecule has 1 aliphatic carbocycles. The molecule has 0 bridgehead atoms. The number of aromatic nitrogens is 2. The lowest BCUT2D eigenvalue weighted by atomic mass is 9.95. The van der Waals surface area contributed by atoms with Crippen molar-refractivity contribution in [3.8, 4) is 0 Å². The maximum absolute atomic E-state index is 5.64. The summed E-state index contributed by atoms with van der Waals surface area (Å²) in [7, 11) is 1.94. The third-order valence-electron chi connectivity index (χ3n) is 3.44. The van der Waals surface area contributed by atoms with Crippen LogP contribution in [0.1, 0.15) is 37.9 Å². The van der Waals surface area contributed by atoms with Crippen molar-refractivity contribution in [3.05, 3.63) is 18.0 Å². The average molecular weight is 208 g/mol. The lowest BCUT2D eigenvalue weighted by molar-refractivity contribution is 0.355. The van der Waals surface area contributed by atoms with Crippen molar-refractivity contribution in [1.29, 1.82) is 0 Å². The van der Waals surface area contributed by atoms with Crippen LogP contribution >= 0.6 is 0 Å². The summed E-state index contributed by atoms with van der Waals surface area (Å²) in [5.41, 5.74) is 3.99. The lowest BCUT2D eigenvalue weighted by Gasteiger charge is -2.20. The first kappa shape index (κ1) is 10.6. The van der Waals surface area contributed by atoms with Crippen molar-refractivity contribution in [2.24, 2.45) is 24.7 Å². The molecule has 1 aromatic heterocycles. The van der Waals surface area contributed by atoms with Gasteiger partial charge in [-0.1, -0.05) is 13.3 Å². The fraction of sp³-hybridized carbons (Fsp3) is 0.727. The highest BCUT2D eigenvalue weighted by atomic mass is 15.3. The van der Waals surface area contributed by atoms with Gasteiger partial charge < -0.3 is 0 Å². The summed E-state index contributed by atoms with van der Waals surface area (Å²) in [5.74, 6) is 7.11. The first-order valence-corrected chi connectivity index (χ1v) is 5.66. The van der Waals surface area contributed by atoms with Crippen LogP contribution in [0.4, 0.5) is 0 Å². The Morgan fingerprint density at radius 3 is 2.87 bits per heavy atom. The number of nitrogens with zero attached hydrogens (tertiary/aromatic N) is 2. The molecule has 1 heterocycles. The number of hydrazine groups is 1. The summed E-state index contributed by atoms with van der Waals surface area (Å²) in [6, 6.07) is 2.27. The van der Waals surface area contributed by atoms with E-state index in [1.165, 1.54) is 19.3 Å². The Bertz CT molecular complexity index is 320. The van der Waals surface area contributed by atoms with Crippen LogP contribution in [0.5, 0.6) is 0 Å². The van der Waals surface area contributed by atoms with Gasteiger partial charge >= 0.3 is 0 Å². The van der Waals surface area contributed by atoms with Gasteiger partial charge in [0, 0.05) is 13.2 Å². The van der Waals surface area contributed by atoms with Crippen molar-refractivity contribution in [2.75, 3.05) is 0 Å². The summed E-state index contributed by atoms with van der Waals surface area (Å²) in [4.78, 5) is 0. The van der Waals surface area contributed by atoms with E-state index in [1.54, 1.807) is 0 Å². The summed E-state index contributed by atoms with van der Waals surface area (Å²) in [6.45, 7) is 2.31. The molecule has 0 aliphatic heterocycles. The summed E-state index contributed by atoms with van der Waals surface area (Å²) in [5, 5.41) is 4.43.